The fraction of sp³-hybridized carbons (Fsp3) is 0.833. The van der Waals surface area contributed by atoms with Crippen molar-refractivity contribution < 1.29 is 4.74 Å². The number of fused-ring (bicyclic) bond motifs is 2. The van der Waals surface area contributed by atoms with E-state index in [1.165, 1.54) is 69.1 Å². The van der Waals surface area contributed by atoms with Crippen LogP contribution in [0.5, 0.6) is 0 Å². The third kappa shape index (κ3) is 8.25. The second-order valence-corrected chi connectivity index (χ2v) is 14.6. The van der Waals surface area contributed by atoms with Crippen LogP contribution in [-0.2, 0) is 4.74 Å². The van der Waals surface area contributed by atoms with Gasteiger partial charge in [-0.2, -0.15) is 0 Å². The average molecular weight is 526 g/mol. The molecule has 0 heterocycles. The molecule has 2 heteroatoms. The second kappa shape index (κ2) is 14.0. The summed E-state index contributed by atoms with van der Waals surface area (Å²) in [5.74, 6) is 6.07. The minimum atomic E-state index is 0.0854. The molecule has 2 nitrogen and oxygen atoms in total. The molecule has 3 rings (SSSR count). The van der Waals surface area contributed by atoms with E-state index in [1.807, 2.05) is 0 Å². The first-order valence-electron chi connectivity index (χ1n) is 16.5. The SMILES string of the molecule is CCOC1=C(C)CC(C(C)CC)=C(C(C)CCCCC(C)N)C(CC2C(C)CC3CCC2C3)=CC(C)(C)C1. The van der Waals surface area contributed by atoms with Crippen molar-refractivity contribution in [3.05, 3.63) is 34.1 Å². The highest BCUT2D eigenvalue weighted by Crippen LogP contribution is 2.52. The van der Waals surface area contributed by atoms with Crippen molar-refractivity contribution in [1.29, 1.82) is 0 Å². The molecule has 0 aromatic rings. The highest BCUT2D eigenvalue weighted by atomic mass is 16.5. The Kier molecular flexibility index (Phi) is 11.6. The van der Waals surface area contributed by atoms with Gasteiger partial charge in [-0.05, 0) is 130 Å². The van der Waals surface area contributed by atoms with Crippen molar-refractivity contribution in [2.45, 2.75) is 145 Å². The molecule has 0 saturated heterocycles. The molecule has 2 saturated carbocycles. The summed E-state index contributed by atoms with van der Waals surface area (Å²) >= 11 is 0. The van der Waals surface area contributed by atoms with E-state index in [-0.39, 0.29) is 5.41 Å². The highest BCUT2D eigenvalue weighted by molar-refractivity contribution is 5.42. The van der Waals surface area contributed by atoms with Gasteiger partial charge in [0.15, 0.2) is 0 Å². The summed E-state index contributed by atoms with van der Waals surface area (Å²) in [6.07, 6.45) is 18.1. The number of allylic oxidation sites excluding steroid dienone is 6. The fourth-order valence-electron chi connectivity index (χ4n) is 8.25. The Bertz CT molecular complexity index is 859. The molecule has 7 atom stereocenters. The first-order chi connectivity index (χ1) is 18.0. The molecule has 0 aromatic heterocycles. The Hall–Kier alpha value is -1.02. The molecule has 0 aromatic carbocycles. The molecule has 38 heavy (non-hydrogen) atoms. The smallest absolute Gasteiger partial charge is 0.0960 e. The summed E-state index contributed by atoms with van der Waals surface area (Å²) in [5.41, 5.74) is 12.8. The number of rotatable bonds is 12. The second-order valence-electron chi connectivity index (χ2n) is 14.6. The van der Waals surface area contributed by atoms with Crippen LogP contribution in [0.3, 0.4) is 0 Å². The van der Waals surface area contributed by atoms with Gasteiger partial charge in [0.1, 0.15) is 0 Å². The number of hydrogen-bond donors (Lipinski definition) is 1. The lowest BCUT2D eigenvalue weighted by atomic mass is 9.67. The minimum Gasteiger partial charge on any atom is -0.498 e. The molecule has 2 bridgehead atoms. The van der Waals surface area contributed by atoms with Gasteiger partial charge in [0.25, 0.3) is 0 Å². The van der Waals surface area contributed by atoms with E-state index < -0.39 is 0 Å². The normalized spacial score (nSPS) is 30.3. The zero-order chi connectivity index (χ0) is 28.0. The van der Waals surface area contributed by atoms with E-state index in [9.17, 15) is 0 Å². The zero-order valence-corrected chi connectivity index (χ0v) is 26.8. The van der Waals surface area contributed by atoms with E-state index in [0.29, 0.717) is 17.9 Å². The van der Waals surface area contributed by atoms with E-state index in [4.69, 9.17) is 10.5 Å². The zero-order valence-electron chi connectivity index (χ0n) is 26.8. The van der Waals surface area contributed by atoms with Crippen LogP contribution in [0.15, 0.2) is 34.1 Å². The third-order valence-electron chi connectivity index (χ3n) is 10.4. The molecule has 0 aliphatic heterocycles. The Balaban J connectivity index is 2.09. The lowest BCUT2D eigenvalue weighted by Gasteiger charge is -2.38. The summed E-state index contributed by atoms with van der Waals surface area (Å²) in [6, 6.07) is 0.314. The van der Waals surface area contributed by atoms with Gasteiger partial charge < -0.3 is 10.5 Å². The van der Waals surface area contributed by atoms with Crippen molar-refractivity contribution in [3.8, 4) is 0 Å². The van der Waals surface area contributed by atoms with Crippen molar-refractivity contribution in [1.82, 2.24) is 0 Å². The van der Waals surface area contributed by atoms with Crippen molar-refractivity contribution >= 4 is 0 Å². The Morgan fingerprint density at radius 3 is 2.39 bits per heavy atom. The quantitative estimate of drug-likeness (QED) is 0.257. The van der Waals surface area contributed by atoms with E-state index >= 15 is 0 Å². The van der Waals surface area contributed by atoms with Crippen LogP contribution in [0.4, 0.5) is 0 Å². The summed E-state index contributed by atoms with van der Waals surface area (Å²) < 4.78 is 6.34. The van der Waals surface area contributed by atoms with Crippen LogP contribution >= 0.6 is 0 Å². The largest absolute Gasteiger partial charge is 0.498 e. The molecule has 2 N–H and O–H groups in total. The van der Waals surface area contributed by atoms with Crippen molar-refractivity contribution in [2.24, 2.45) is 46.7 Å². The van der Waals surface area contributed by atoms with Gasteiger partial charge in [0.05, 0.1) is 12.4 Å². The maximum atomic E-state index is 6.34. The maximum absolute atomic E-state index is 6.34. The summed E-state index contributed by atoms with van der Waals surface area (Å²) in [7, 11) is 0. The van der Waals surface area contributed by atoms with Crippen molar-refractivity contribution in [3.63, 3.8) is 0 Å². The molecule has 0 spiro atoms. The summed E-state index contributed by atoms with van der Waals surface area (Å²) in [4.78, 5) is 0. The van der Waals surface area contributed by atoms with Crippen LogP contribution < -0.4 is 5.73 Å². The predicted molar refractivity (Wildman–Crippen MR) is 166 cm³/mol. The average Bonchev–Trinajstić information content (AvgIpc) is 3.25. The monoisotopic (exact) mass is 525 g/mol. The first-order valence-corrected chi connectivity index (χ1v) is 16.5. The van der Waals surface area contributed by atoms with Gasteiger partial charge in [0.2, 0.25) is 0 Å². The van der Waals surface area contributed by atoms with E-state index in [2.05, 4.69) is 68.4 Å². The van der Waals surface area contributed by atoms with Crippen molar-refractivity contribution in [2.75, 3.05) is 6.61 Å². The number of nitrogens with two attached hydrogens (primary N) is 1. The van der Waals surface area contributed by atoms with Gasteiger partial charge in [0, 0.05) is 12.5 Å². The molecule has 0 amide bonds. The third-order valence-corrected chi connectivity index (χ3v) is 10.4. The summed E-state index contributed by atoms with van der Waals surface area (Å²) in [6.45, 7) is 22.3. The topological polar surface area (TPSA) is 35.2 Å². The van der Waals surface area contributed by atoms with Crippen LogP contribution in [0.25, 0.3) is 0 Å². The number of ether oxygens (including phenoxy) is 1. The molecule has 7 unspecified atom stereocenters. The van der Waals surface area contributed by atoms with Gasteiger partial charge in [-0.3, -0.25) is 0 Å². The van der Waals surface area contributed by atoms with Crippen LogP contribution in [0.1, 0.15) is 139 Å². The molecular formula is C36H63NO. The molecular weight excluding hydrogens is 462 g/mol. The van der Waals surface area contributed by atoms with Crippen LogP contribution in [0, 0.1) is 40.9 Å². The van der Waals surface area contributed by atoms with Crippen LogP contribution in [0.2, 0.25) is 0 Å². The molecule has 3 aliphatic carbocycles. The van der Waals surface area contributed by atoms with Gasteiger partial charge in [-0.25, -0.2) is 0 Å². The highest BCUT2D eigenvalue weighted by Gasteiger charge is 2.41. The Morgan fingerprint density at radius 1 is 1.03 bits per heavy atom. The maximum Gasteiger partial charge on any atom is 0.0960 e. The van der Waals surface area contributed by atoms with E-state index in [0.717, 1.165) is 49.5 Å². The van der Waals surface area contributed by atoms with Crippen LogP contribution in [-0.4, -0.2) is 12.6 Å². The molecule has 3 aliphatic rings. The lowest BCUT2D eigenvalue weighted by Crippen LogP contribution is -2.27. The number of hydrogen-bond acceptors (Lipinski definition) is 2. The molecule has 0 radical (unpaired) electrons. The van der Waals surface area contributed by atoms with E-state index in [1.54, 1.807) is 16.7 Å². The Morgan fingerprint density at radius 2 is 1.74 bits per heavy atom. The van der Waals surface area contributed by atoms with Gasteiger partial charge in [-0.15, -0.1) is 0 Å². The minimum absolute atomic E-state index is 0.0854. The van der Waals surface area contributed by atoms with Gasteiger partial charge in [-0.1, -0.05) is 72.5 Å². The molecule has 218 valence electrons. The first kappa shape index (κ1) is 31.5. The molecule has 2 fully saturated rings. The standard InChI is InChI=1S/C36H63NO/c1-10-24(3)33-19-27(6)34(38-11-2)23-36(8,9)22-31(35(33)25(4)14-12-13-15-28(7)37)21-32-26(5)18-29-16-17-30(32)20-29/h22,24-26,28-30,32H,10-21,23,37H2,1-9H3. The number of unbranched alkanes of at least 4 members (excludes halogenated alkanes) is 1. The predicted octanol–water partition coefficient (Wildman–Crippen LogP) is 10.4. The van der Waals surface area contributed by atoms with Gasteiger partial charge >= 0.3 is 0 Å². The lowest BCUT2D eigenvalue weighted by molar-refractivity contribution is 0.167. The Labute approximate surface area is 237 Å². The fourth-order valence-corrected chi connectivity index (χ4v) is 8.25. The summed E-state index contributed by atoms with van der Waals surface area (Å²) in [5, 5.41) is 0.